The number of halogens is 2. The molecular weight excluding hydrogens is 646 g/mol. The second-order valence-corrected chi connectivity index (χ2v) is 12.9. The minimum Gasteiger partial charge on any atom is -0.505 e. The molecule has 1 atom stereocenters. The van der Waals surface area contributed by atoms with Gasteiger partial charge in [-0.05, 0) is 54.8 Å². The summed E-state index contributed by atoms with van der Waals surface area (Å²) in [5.74, 6) is -1.39. The lowest BCUT2D eigenvalue weighted by Crippen LogP contribution is -2.29. The highest BCUT2D eigenvalue weighted by Crippen LogP contribution is 2.44. The molecule has 0 bridgehead atoms. The summed E-state index contributed by atoms with van der Waals surface area (Å²) in [4.78, 5) is 33.1. The van der Waals surface area contributed by atoms with Gasteiger partial charge in [0.15, 0.2) is 10.1 Å². The molecule has 5 aromatic rings. The number of aliphatic hydroxyl groups excluding tert-OH is 1. The number of nitrogens with zero attached hydrogens (tertiary/aromatic N) is 5. The second kappa shape index (κ2) is 11.1. The van der Waals surface area contributed by atoms with Crippen molar-refractivity contribution in [1.82, 2.24) is 19.6 Å². The minimum absolute atomic E-state index is 0.0577. The maximum absolute atomic E-state index is 13.6. The molecule has 41 heavy (non-hydrogen) atoms. The van der Waals surface area contributed by atoms with E-state index in [-0.39, 0.29) is 22.2 Å². The number of pyridine rings is 1. The number of aliphatic hydroxyl groups is 1. The van der Waals surface area contributed by atoms with Crippen LogP contribution in [0.2, 0.25) is 5.02 Å². The molecule has 1 N–H and O–H groups in total. The Balaban J connectivity index is 1.44. The molecule has 8 nitrogen and oxygen atoms in total. The minimum atomic E-state index is -0.938. The number of ketones is 1. The Morgan fingerprint density at radius 3 is 2.66 bits per heavy atom. The van der Waals surface area contributed by atoms with Crippen molar-refractivity contribution in [2.45, 2.75) is 30.0 Å². The summed E-state index contributed by atoms with van der Waals surface area (Å²) in [6.07, 6.45) is 1.84. The first-order chi connectivity index (χ1) is 19.7. The molecule has 1 unspecified atom stereocenters. The zero-order chi connectivity index (χ0) is 28.8. The van der Waals surface area contributed by atoms with Gasteiger partial charge in [0.05, 0.1) is 17.3 Å². The van der Waals surface area contributed by atoms with Crippen LogP contribution >= 0.6 is 50.6 Å². The summed E-state index contributed by atoms with van der Waals surface area (Å²) in [5, 5.41) is 21.1. The zero-order valence-electron chi connectivity index (χ0n) is 21.7. The van der Waals surface area contributed by atoms with Crippen molar-refractivity contribution < 1.29 is 14.7 Å². The molecule has 0 radical (unpaired) electrons. The van der Waals surface area contributed by atoms with Crippen molar-refractivity contribution in [1.29, 1.82) is 0 Å². The average Bonchev–Trinajstić information content (AvgIpc) is 3.63. The van der Waals surface area contributed by atoms with Crippen molar-refractivity contribution >= 4 is 78.9 Å². The summed E-state index contributed by atoms with van der Waals surface area (Å²) in [6.45, 7) is 3.73. The van der Waals surface area contributed by atoms with Crippen molar-refractivity contribution in [3.05, 3.63) is 110 Å². The first-order valence-corrected chi connectivity index (χ1v) is 15.4. The largest absolute Gasteiger partial charge is 0.505 e. The Hall–Kier alpha value is -3.51. The number of aromatic nitrogens is 4. The van der Waals surface area contributed by atoms with Crippen molar-refractivity contribution in [2.75, 3.05) is 4.90 Å². The van der Waals surface area contributed by atoms with Crippen LogP contribution in [0.3, 0.4) is 0 Å². The van der Waals surface area contributed by atoms with Gasteiger partial charge < -0.3 is 9.51 Å². The Labute approximate surface area is 256 Å². The molecule has 1 saturated heterocycles. The molecule has 0 saturated carbocycles. The predicted molar refractivity (Wildman–Crippen MR) is 165 cm³/mol. The van der Waals surface area contributed by atoms with E-state index in [1.165, 1.54) is 28.0 Å². The summed E-state index contributed by atoms with van der Waals surface area (Å²) in [5.41, 5.74) is 3.97. The Morgan fingerprint density at radius 1 is 1.10 bits per heavy atom. The molecule has 1 fully saturated rings. The van der Waals surface area contributed by atoms with Gasteiger partial charge in [-0.2, -0.15) is 0 Å². The molecule has 0 spiro atoms. The van der Waals surface area contributed by atoms with E-state index >= 15 is 0 Å². The van der Waals surface area contributed by atoms with Crippen LogP contribution in [0.4, 0.5) is 5.13 Å². The fourth-order valence-electron chi connectivity index (χ4n) is 4.81. The third-order valence-electron chi connectivity index (χ3n) is 6.83. The lowest BCUT2D eigenvalue weighted by Gasteiger charge is -2.22. The standard InChI is InChI=1S/C29H21BrClN5O3S2/c1-15-7-6-12-35-16(2)22(32-26(15)35)24(37)21-23(17-9-5-10-19(30)13-17)36(27(39)25(21)38)28-33-34-29(41-28)40-14-18-8-3-4-11-20(18)31/h3-13,23,37H,14H2,1-2H3. The van der Waals surface area contributed by atoms with Gasteiger partial charge in [0.25, 0.3) is 5.78 Å². The lowest BCUT2D eigenvalue weighted by atomic mass is 9.96. The van der Waals surface area contributed by atoms with Crippen LogP contribution in [0.5, 0.6) is 0 Å². The first-order valence-electron chi connectivity index (χ1n) is 12.5. The monoisotopic (exact) mass is 665 g/mol. The average molecular weight is 667 g/mol. The number of rotatable bonds is 6. The number of anilines is 1. The van der Waals surface area contributed by atoms with Crippen LogP contribution in [-0.2, 0) is 15.3 Å². The first kappa shape index (κ1) is 27.6. The number of imidazole rings is 1. The molecule has 0 aliphatic carbocycles. The van der Waals surface area contributed by atoms with Crippen molar-refractivity contribution in [2.24, 2.45) is 0 Å². The highest BCUT2D eigenvalue weighted by molar-refractivity contribution is 9.10. The molecule has 1 aliphatic rings. The smallest absolute Gasteiger partial charge is 0.301 e. The van der Waals surface area contributed by atoms with Crippen molar-refractivity contribution in [3.63, 3.8) is 0 Å². The highest BCUT2D eigenvalue weighted by Gasteiger charge is 2.49. The van der Waals surface area contributed by atoms with Gasteiger partial charge in [0.2, 0.25) is 5.13 Å². The van der Waals surface area contributed by atoms with Crippen LogP contribution in [0.25, 0.3) is 11.4 Å². The molecule has 2 aromatic carbocycles. The Bertz CT molecular complexity index is 1890. The molecular formula is C29H21BrClN5O3S2. The van der Waals surface area contributed by atoms with Crippen LogP contribution < -0.4 is 4.90 Å². The van der Waals surface area contributed by atoms with Gasteiger partial charge in [-0.15, -0.1) is 10.2 Å². The number of carbonyl (C=O) groups excluding carboxylic acids is 2. The van der Waals surface area contributed by atoms with E-state index in [1.54, 1.807) is 6.07 Å². The van der Waals surface area contributed by atoms with Gasteiger partial charge in [0.1, 0.15) is 11.3 Å². The van der Waals surface area contributed by atoms with Crippen molar-refractivity contribution in [3.8, 4) is 0 Å². The second-order valence-electron chi connectivity index (χ2n) is 9.39. The van der Waals surface area contributed by atoms with E-state index in [4.69, 9.17) is 11.6 Å². The van der Waals surface area contributed by atoms with Crippen LogP contribution in [-0.4, -0.2) is 36.4 Å². The molecule has 4 heterocycles. The summed E-state index contributed by atoms with van der Waals surface area (Å²) >= 11 is 12.4. The summed E-state index contributed by atoms with van der Waals surface area (Å²) < 4.78 is 3.22. The van der Waals surface area contributed by atoms with Crippen LogP contribution in [0.1, 0.15) is 34.1 Å². The van der Waals surface area contributed by atoms with Gasteiger partial charge >= 0.3 is 5.91 Å². The third kappa shape index (κ3) is 4.97. The number of hydrogen-bond donors (Lipinski definition) is 1. The molecule has 3 aromatic heterocycles. The number of amides is 1. The number of fused-ring (bicyclic) bond motifs is 1. The Morgan fingerprint density at radius 2 is 1.90 bits per heavy atom. The molecule has 6 rings (SSSR count). The fourth-order valence-corrected chi connectivity index (χ4v) is 7.38. The summed E-state index contributed by atoms with van der Waals surface area (Å²) in [6, 6.07) is 17.7. The van der Waals surface area contributed by atoms with E-state index in [2.05, 4.69) is 31.1 Å². The van der Waals surface area contributed by atoms with Gasteiger partial charge in [-0.1, -0.05) is 87.0 Å². The van der Waals surface area contributed by atoms with Gasteiger partial charge in [0, 0.05) is 21.4 Å². The van der Waals surface area contributed by atoms with E-state index in [0.29, 0.717) is 32.0 Å². The number of thioether (sulfide) groups is 1. The van der Waals surface area contributed by atoms with Gasteiger partial charge in [-0.25, -0.2) is 4.98 Å². The molecule has 12 heteroatoms. The molecule has 1 aliphatic heterocycles. The number of aryl methyl sites for hydroxylation is 2. The quantitative estimate of drug-likeness (QED) is 0.0676. The maximum atomic E-state index is 13.6. The molecule has 206 valence electrons. The fraction of sp³-hybridized carbons (Fsp3) is 0.138. The number of hydrogen-bond acceptors (Lipinski definition) is 8. The maximum Gasteiger partial charge on any atom is 0.301 e. The number of Topliss-reactive ketones (excluding diaryl/α,β-unsaturated/α-hetero) is 1. The van der Waals surface area contributed by atoms with E-state index in [9.17, 15) is 14.7 Å². The lowest BCUT2D eigenvalue weighted by molar-refractivity contribution is -0.132. The van der Waals surface area contributed by atoms with Crippen LogP contribution in [0.15, 0.2) is 81.2 Å². The van der Waals surface area contributed by atoms with Gasteiger partial charge in [-0.3, -0.25) is 14.5 Å². The normalized spacial score (nSPS) is 16.7. The predicted octanol–water partition coefficient (Wildman–Crippen LogP) is 7.14. The number of benzene rings is 2. The summed E-state index contributed by atoms with van der Waals surface area (Å²) in [7, 11) is 0. The number of carbonyl (C=O) groups is 2. The highest BCUT2D eigenvalue weighted by atomic mass is 79.9. The topological polar surface area (TPSA) is 101 Å². The SMILES string of the molecule is Cc1cccn2c(C)c(C(O)=C3C(=O)C(=O)N(c4nnc(SCc5ccccc5Cl)s4)C3c3cccc(Br)c3)nc12. The van der Waals surface area contributed by atoms with E-state index < -0.39 is 17.7 Å². The van der Waals surface area contributed by atoms with E-state index in [1.807, 2.05) is 79.0 Å². The molecule has 1 amide bonds. The van der Waals surface area contributed by atoms with E-state index in [0.717, 1.165) is 15.6 Å². The zero-order valence-corrected chi connectivity index (χ0v) is 25.7. The Kier molecular flexibility index (Phi) is 7.45. The van der Waals surface area contributed by atoms with Crippen LogP contribution in [0, 0.1) is 13.8 Å². The third-order valence-corrected chi connectivity index (χ3v) is 9.79.